The summed E-state index contributed by atoms with van der Waals surface area (Å²) in [6.45, 7) is 6.41. The second-order valence-corrected chi connectivity index (χ2v) is 9.67. The van der Waals surface area contributed by atoms with Crippen LogP contribution in [0.2, 0.25) is 5.02 Å². The first-order chi connectivity index (χ1) is 17.0. The number of benzene rings is 2. The maximum atomic E-state index is 6.63. The molecule has 8 nitrogen and oxygen atoms in total. The van der Waals surface area contributed by atoms with Crippen LogP contribution < -0.4 is 10.6 Å². The minimum absolute atomic E-state index is 0.564. The number of likely N-dealkylation sites (N-methyl/N-ethyl adjacent to an activating group) is 1. The second kappa shape index (κ2) is 10.2. The molecule has 35 heavy (non-hydrogen) atoms. The lowest BCUT2D eigenvalue weighted by atomic mass is 10.1. The van der Waals surface area contributed by atoms with Crippen LogP contribution in [0.3, 0.4) is 0 Å². The minimum Gasteiger partial charge on any atom is -0.383 e. The largest absolute Gasteiger partial charge is 0.383 e. The number of hydrogen-bond acceptors (Lipinski definition) is 7. The van der Waals surface area contributed by atoms with Crippen LogP contribution in [-0.4, -0.2) is 82.9 Å². The summed E-state index contributed by atoms with van der Waals surface area (Å²) < 4.78 is 1.82. The van der Waals surface area contributed by atoms with Crippen molar-refractivity contribution in [1.29, 1.82) is 0 Å². The number of halogens is 1. The number of anilines is 2. The predicted molar refractivity (Wildman–Crippen MR) is 143 cm³/mol. The van der Waals surface area contributed by atoms with E-state index in [2.05, 4.69) is 40.9 Å². The van der Waals surface area contributed by atoms with Crippen LogP contribution in [0.4, 0.5) is 11.8 Å². The molecule has 0 aliphatic carbocycles. The summed E-state index contributed by atoms with van der Waals surface area (Å²) >= 11 is 6.17. The third-order valence-electron chi connectivity index (χ3n) is 6.44. The molecule has 182 valence electrons. The predicted octanol–water partition coefficient (Wildman–Crippen LogP) is 3.46. The van der Waals surface area contributed by atoms with Gasteiger partial charge >= 0.3 is 0 Å². The molecule has 3 heterocycles. The van der Waals surface area contributed by atoms with Gasteiger partial charge < -0.3 is 15.5 Å². The highest BCUT2D eigenvalue weighted by Crippen LogP contribution is 2.33. The molecule has 0 radical (unpaired) electrons. The van der Waals surface area contributed by atoms with Gasteiger partial charge in [0.2, 0.25) is 5.95 Å². The summed E-state index contributed by atoms with van der Waals surface area (Å²) in [4.78, 5) is 16.8. The van der Waals surface area contributed by atoms with Crippen LogP contribution in [0.1, 0.15) is 5.56 Å². The molecule has 0 saturated carbocycles. The van der Waals surface area contributed by atoms with Gasteiger partial charge in [0.05, 0.1) is 17.6 Å². The van der Waals surface area contributed by atoms with Crippen molar-refractivity contribution in [3.8, 4) is 11.3 Å². The van der Waals surface area contributed by atoms with Gasteiger partial charge in [0.15, 0.2) is 5.65 Å². The van der Waals surface area contributed by atoms with E-state index in [1.54, 1.807) is 0 Å². The van der Waals surface area contributed by atoms with Crippen LogP contribution in [-0.2, 0) is 6.54 Å². The van der Waals surface area contributed by atoms with Gasteiger partial charge in [-0.05, 0) is 31.8 Å². The molecular weight excluding hydrogens is 460 g/mol. The van der Waals surface area contributed by atoms with Crippen LogP contribution in [0.15, 0.2) is 54.6 Å². The fourth-order valence-electron chi connectivity index (χ4n) is 4.39. The topological polar surface area (TPSA) is 79.3 Å². The van der Waals surface area contributed by atoms with Gasteiger partial charge in [-0.2, -0.15) is 4.98 Å². The standard InChI is InChI=1S/C26H31ClN8/c1-32(2)12-13-33-14-16-34(17-15-33)26-29-23(20-8-10-21(27)11-9-20)22-24(28)35(31-25(22)30-26)18-19-6-4-3-5-7-19/h3-11H,12-18,28H2,1-2H3. The van der Waals surface area contributed by atoms with Gasteiger partial charge in [0.1, 0.15) is 5.82 Å². The monoisotopic (exact) mass is 490 g/mol. The number of nitrogen functional groups attached to an aromatic ring is 1. The highest BCUT2D eigenvalue weighted by Gasteiger charge is 2.23. The van der Waals surface area contributed by atoms with E-state index in [0.29, 0.717) is 29.0 Å². The second-order valence-electron chi connectivity index (χ2n) is 9.24. The number of nitrogens with two attached hydrogens (primary N) is 1. The molecule has 1 aliphatic heterocycles. The number of rotatable bonds is 7. The fourth-order valence-corrected chi connectivity index (χ4v) is 4.52. The summed E-state index contributed by atoms with van der Waals surface area (Å²) in [5, 5.41) is 6.26. The Morgan fingerprint density at radius 2 is 1.66 bits per heavy atom. The number of fused-ring (bicyclic) bond motifs is 1. The Morgan fingerprint density at radius 1 is 0.943 bits per heavy atom. The maximum Gasteiger partial charge on any atom is 0.228 e. The molecule has 5 rings (SSSR count). The molecular formula is C26H31ClN8. The zero-order valence-corrected chi connectivity index (χ0v) is 21.0. The highest BCUT2D eigenvalue weighted by molar-refractivity contribution is 6.30. The Morgan fingerprint density at radius 3 is 2.34 bits per heavy atom. The Labute approximate surface area is 210 Å². The van der Waals surface area contributed by atoms with E-state index < -0.39 is 0 Å². The van der Waals surface area contributed by atoms with Crippen molar-refractivity contribution in [2.75, 3.05) is 64.0 Å². The average molecular weight is 491 g/mol. The van der Waals surface area contributed by atoms with E-state index >= 15 is 0 Å². The molecule has 4 aromatic rings. The first-order valence-electron chi connectivity index (χ1n) is 11.9. The Hall–Kier alpha value is -3.20. The van der Waals surface area contributed by atoms with Crippen molar-refractivity contribution in [1.82, 2.24) is 29.5 Å². The van der Waals surface area contributed by atoms with E-state index in [0.717, 1.165) is 61.5 Å². The maximum absolute atomic E-state index is 6.63. The molecule has 0 spiro atoms. The minimum atomic E-state index is 0.564. The van der Waals surface area contributed by atoms with Crippen LogP contribution in [0.5, 0.6) is 0 Å². The SMILES string of the molecule is CN(C)CCN1CCN(c2nc(-c3ccc(Cl)cc3)c3c(N)n(Cc4ccccc4)nc3n2)CC1. The first kappa shape index (κ1) is 23.5. The quantitative estimate of drug-likeness (QED) is 0.425. The lowest BCUT2D eigenvalue weighted by molar-refractivity contribution is 0.229. The molecule has 9 heteroatoms. The molecule has 2 N–H and O–H groups in total. The lowest BCUT2D eigenvalue weighted by Gasteiger charge is -2.35. The average Bonchev–Trinajstić information content (AvgIpc) is 3.18. The normalized spacial score (nSPS) is 14.8. The van der Waals surface area contributed by atoms with Gasteiger partial charge in [-0.15, -0.1) is 5.10 Å². The molecule has 0 atom stereocenters. The van der Waals surface area contributed by atoms with E-state index in [1.165, 1.54) is 0 Å². The first-order valence-corrected chi connectivity index (χ1v) is 12.3. The Balaban J connectivity index is 1.50. The van der Waals surface area contributed by atoms with Gasteiger partial charge in [-0.25, -0.2) is 9.67 Å². The van der Waals surface area contributed by atoms with Gasteiger partial charge in [0.25, 0.3) is 0 Å². The Bertz CT molecular complexity index is 1280. The van der Waals surface area contributed by atoms with Crippen molar-refractivity contribution >= 4 is 34.4 Å². The van der Waals surface area contributed by atoms with Crippen molar-refractivity contribution in [2.24, 2.45) is 0 Å². The van der Waals surface area contributed by atoms with Crippen molar-refractivity contribution < 1.29 is 0 Å². The molecule has 0 bridgehead atoms. The van der Waals surface area contributed by atoms with E-state index in [4.69, 9.17) is 32.4 Å². The molecule has 1 aliphatic rings. The van der Waals surface area contributed by atoms with E-state index in [-0.39, 0.29) is 0 Å². The molecule has 0 unspecified atom stereocenters. The summed E-state index contributed by atoms with van der Waals surface area (Å²) in [5.41, 5.74) is 10.1. The smallest absolute Gasteiger partial charge is 0.228 e. The fraction of sp³-hybridized carbons (Fsp3) is 0.346. The molecule has 2 aromatic heterocycles. The van der Waals surface area contributed by atoms with Crippen LogP contribution in [0, 0.1) is 0 Å². The van der Waals surface area contributed by atoms with E-state index in [9.17, 15) is 0 Å². The Kier molecular flexibility index (Phi) is 6.86. The molecule has 1 fully saturated rings. The summed E-state index contributed by atoms with van der Waals surface area (Å²) in [6, 6.07) is 17.9. The highest BCUT2D eigenvalue weighted by atomic mass is 35.5. The van der Waals surface area contributed by atoms with Crippen molar-refractivity contribution in [3.05, 3.63) is 65.2 Å². The van der Waals surface area contributed by atoms with Gasteiger partial charge in [-0.1, -0.05) is 54.1 Å². The van der Waals surface area contributed by atoms with Crippen molar-refractivity contribution in [3.63, 3.8) is 0 Å². The number of aromatic nitrogens is 4. The summed E-state index contributed by atoms with van der Waals surface area (Å²) in [5.74, 6) is 1.26. The molecule has 2 aromatic carbocycles. The summed E-state index contributed by atoms with van der Waals surface area (Å²) in [7, 11) is 4.22. The van der Waals surface area contributed by atoms with Crippen LogP contribution in [0.25, 0.3) is 22.3 Å². The zero-order chi connectivity index (χ0) is 24.4. The number of piperazine rings is 1. The van der Waals surface area contributed by atoms with Gasteiger partial charge in [-0.3, -0.25) is 4.90 Å². The van der Waals surface area contributed by atoms with Crippen LogP contribution >= 0.6 is 11.6 Å². The van der Waals surface area contributed by atoms with Crippen molar-refractivity contribution in [2.45, 2.75) is 6.54 Å². The number of hydrogen-bond donors (Lipinski definition) is 1. The third kappa shape index (κ3) is 5.24. The van der Waals surface area contributed by atoms with Gasteiger partial charge in [0, 0.05) is 49.9 Å². The zero-order valence-electron chi connectivity index (χ0n) is 20.2. The molecule has 0 amide bonds. The van der Waals surface area contributed by atoms with E-state index in [1.807, 2.05) is 47.1 Å². The lowest BCUT2D eigenvalue weighted by Crippen LogP contribution is -2.48. The third-order valence-corrected chi connectivity index (χ3v) is 6.69. The molecule has 1 saturated heterocycles. The summed E-state index contributed by atoms with van der Waals surface area (Å²) in [6.07, 6.45) is 0. The number of nitrogens with zero attached hydrogens (tertiary/aromatic N) is 7.